The van der Waals surface area contributed by atoms with E-state index in [0.717, 1.165) is 36.8 Å². The third-order valence-corrected chi connectivity index (χ3v) is 8.09. The molecule has 1 amide bonds. The van der Waals surface area contributed by atoms with Crippen molar-refractivity contribution in [2.45, 2.75) is 69.2 Å². The highest BCUT2D eigenvalue weighted by molar-refractivity contribution is 7.89. The summed E-state index contributed by atoms with van der Waals surface area (Å²) >= 11 is 0. The van der Waals surface area contributed by atoms with Crippen LogP contribution in [0.5, 0.6) is 5.75 Å². The fourth-order valence-electron chi connectivity index (χ4n) is 4.34. The number of hydrogen-bond donors (Lipinski definition) is 1. The number of methoxy groups -OCH3 is 1. The van der Waals surface area contributed by atoms with Crippen LogP contribution < -0.4 is 10.1 Å². The number of amides is 1. The van der Waals surface area contributed by atoms with E-state index < -0.39 is 10.0 Å². The van der Waals surface area contributed by atoms with Gasteiger partial charge in [0, 0.05) is 12.6 Å². The molecule has 1 aliphatic rings. The van der Waals surface area contributed by atoms with E-state index >= 15 is 0 Å². The van der Waals surface area contributed by atoms with Crippen molar-refractivity contribution in [1.29, 1.82) is 0 Å². The van der Waals surface area contributed by atoms with Crippen molar-refractivity contribution in [3.8, 4) is 5.75 Å². The number of rotatable bonds is 9. The number of nitrogens with one attached hydrogen (secondary N) is 1. The van der Waals surface area contributed by atoms with Crippen molar-refractivity contribution in [2.24, 2.45) is 0 Å². The first-order valence-electron chi connectivity index (χ1n) is 11.9. The molecule has 0 heterocycles. The maximum absolute atomic E-state index is 13.7. The van der Waals surface area contributed by atoms with Crippen molar-refractivity contribution in [3.63, 3.8) is 0 Å². The summed E-state index contributed by atoms with van der Waals surface area (Å²) in [6, 6.07) is 14.9. The molecule has 0 atom stereocenters. The Morgan fingerprint density at radius 2 is 1.70 bits per heavy atom. The van der Waals surface area contributed by atoms with Crippen LogP contribution >= 0.6 is 0 Å². The van der Waals surface area contributed by atoms with E-state index in [1.165, 1.54) is 30.7 Å². The summed E-state index contributed by atoms with van der Waals surface area (Å²) in [6.07, 6.45) is 8.26. The van der Waals surface area contributed by atoms with E-state index in [4.69, 9.17) is 4.74 Å². The zero-order valence-electron chi connectivity index (χ0n) is 19.8. The first kappa shape index (κ1) is 25.2. The predicted octanol–water partition coefficient (Wildman–Crippen LogP) is 4.47. The lowest BCUT2D eigenvalue weighted by Gasteiger charge is -2.25. The molecule has 2 aromatic carbocycles. The van der Waals surface area contributed by atoms with Gasteiger partial charge < -0.3 is 10.1 Å². The molecular weight excluding hydrogens is 436 g/mol. The number of aryl methyl sites for hydroxylation is 1. The number of benzene rings is 2. The number of sulfonamides is 1. The molecule has 1 fully saturated rings. The van der Waals surface area contributed by atoms with E-state index in [1.54, 1.807) is 12.1 Å². The maximum atomic E-state index is 13.7. The Morgan fingerprint density at radius 1 is 1.03 bits per heavy atom. The summed E-state index contributed by atoms with van der Waals surface area (Å²) in [7, 11) is -2.48. The van der Waals surface area contributed by atoms with Gasteiger partial charge >= 0.3 is 0 Å². The second-order valence-corrected chi connectivity index (χ2v) is 10.7. The summed E-state index contributed by atoms with van der Waals surface area (Å²) in [5.41, 5.74) is 1.84. The molecule has 2 aromatic rings. The molecule has 0 radical (unpaired) electrons. The van der Waals surface area contributed by atoms with Crippen LogP contribution in [0.1, 0.15) is 56.1 Å². The highest BCUT2D eigenvalue weighted by Crippen LogP contribution is 2.28. The molecule has 1 N–H and O–H groups in total. The van der Waals surface area contributed by atoms with Crippen LogP contribution in [0.15, 0.2) is 53.4 Å². The molecule has 0 unspecified atom stereocenters. The topological polar surface area (TPSA) is 75.7 Å². The van der Waals surface area contributed by atoms with Gasteiger partial charge in [0.05, 0.1) is 13.7 Å². The van der Waals surface area contributed by atoms with Gasteiger partial charge in [-0.05, 0) is 49.4 Å². The van der Waals surface area contributed by atoms with Crippen LogP contribution in [-0.2, 0) is 21.2 Å². The van der Waals surface area contributed by atoms with Crippen LogP contribution in [0.25, 0.3) is 0 Å². The number of carbonyl (C=O) groups excluding carboxylic acids is 1. The molecular formula is C26H36N2O4S. The molecule has 6 nitrogen and oxygen atoms in total. The van der Waals surface area contributed by atoms with Gasteiger partial charge in [-0.3, -0.25) is 4.79 Å². The van der Waals surface area contributed by atoms with E-state index in [9.17, 15) is 13.2 Å². The molecule has 3 rings (SSSR count). The van der Waals surface area contributed by atoms with Crippen molar-refractivity contribution in [3.05, 3.63) is 59.7 Å². The minimum atomic E-state index is -3.94. The van der Waals surface area contributed by atoms with Crippen LogP contribution in [0, 0.1) is 6.92 Å². The van der Waals surface area contributed by atoms with E-state index in [0.29, 0.717) is 6.42 Å². The van der Waals surface area contributed by atoms with Gasteiger partial charge in [-0.25, -0.2) is 8.42 Å². The Morgan fingerprint density at radius 3 is 2.36 bits per heavy atom. The molecule has 1 saturated carbocycles. The van der Waals surface area contributed by atoms with E-state index in [1.807, 2.05) is 43.3 Å². The molecule has 7 heteroatoms. The van der Waals surface area contributed by atoms with Crippen molar-refractivity contribution in [2.75, 3.05) is 20.2 Å². The largest absolute Gasteiger partial charge is 0.495 e. The molecule has 180 valence electrons. The van der Waals surface area contributed by atoms with Crippen LogP contribution in [0.4, 0.5) is 0 Å². The number of hydrogen-bond acceptors (Lipinski definition) is 4. The lowest BCUT2D eigenvalue weighted by molar-refractivity contribution is -0.122. The van der Waals surface area contributed by atoms with Crippen LogP contribution in [0.2, 0.25) is 0 Å². The summed E-state index contributed by atoms with van der Waals surface area (Å²) < 4.78 is 34.0. The fraction of sp³-hybridized carbons (Fsp3) is 0.500. The van der Waals surface area contributed by atoms with Crippen molar-refractivity contribution in [1.82, 2.24) is 9.62 Å². The van der Waals surface area contributed by atoms with E-state index in [-0.39, 0.29) is 35.7 Å². The zero-order chi connectivity index (χ0) is 23.7. The summed E-state index contributed by atoms with van der Waals surface area (Å²) in [5.74, 6) is 0.0366. The minimum absolute atomic E-state index is 0.0943. The van der Waals surface area contributed by atoms with Crippen LogP contribution in [-0.4, -0.2) is 44.9 Å². The first-order valence-corrected chi connectivity index (χ1v) is 13.3. The monoisotopic (exact) mass is 472 g/mol. The highest BCUT2D eigenvalue weighted by Gasteiger charge is 2.30. The number of carbonyl (C=O) groups is 1. The molecule has 0 bridgehead atoms. The third kappa shape index (κ3) is 7.30. The average Bonchev–Trinajstić information content (AvgIpc) is 2.79. The normalized spacial score (nSPS) is 15.6. The Labute approximate surface area is 198 Å². The van der Waals surface area contributed by atoms with Gasteiger partial charge in [0.2, 0.25) is 15.9 Å². The molecule has 1 aliphatic carbocycles. The lowest BCUT2D eigenvalue weighted by atomic mass is 9.97. The second kappa shape index (κ2) is 12.2. The Hall–Kier alpha value is -2.38. The van der Waals surface area contributed by atoms with Crippen LogP contribution in [0.3, 0.4) is 0 Å². The average molecular weight is 473 g/mol. The molecule has 0 aromatic heterocycles. The number of nitrogens with zero attached hydrogens (tertiary/aromatic N) is 1. The highest BCUT2D eigenvalue weighted by atomic mass is 32.2. The summed E-state index contributed by atoms with van der Waals surface area (Å²) in [5, 5.41) is 3.10. The Kier molecular flexibility index (Phi) is 9.32. The summed E-state index contributed by atoms with van der Waals surface area (Å²) in [6.45, 7) is 1.85. The molecule has 0 saturated heterocycles. The van der Waals surface area contributed by atoms with Gasteiger partial charge in [0.15, 0.2) is 0 Å². The molecule has 0 spiro atoms. The smallest absolute Gasteiger partial charge is 0.247 e. The van der Waals surface area contributed by atoms with Gasteiger partial charge in [-0.1, -0.05) is 68.5 Å². The zero-order valence-corrected chi connectivity index (χ0v) is 20.6. The van der Waals surface area contributed by atoms with Gasteiger partial charge in [0.25, 0.3) is 0 Å². The second-order valence-electron chi connectivity index (χ2n) is 8.84. The Balaban J connectivity index is 1.80. The van der Waals surface area contributed by atoms with Gasteiger partial charge in [-0.2, -0.15) is 4.31 Å². The van der Waals surface area contributed by atoms with E-state index in [2.05, 4.69) is 5.32 Å². The maximum Gasteiger partial charge on any atom is 0.247 e. The quantitative estimate of drug-likeness (QED) is 0.584. The molecule has 33 heavy (non-hydrogen) atoms. The standard InChI is InChI=1S/C26H36N2O4S/c1-21-15-16-24(32-2)25(19-21)33(30,31)28(18-17-22-11-7-6-8-12-22)20-26(29)27-23-13-9-4-3-5-10-14-23/h6-8,11-12,15-16,19,23H,3-5,9-10,13-14,17-18,20H2,1-2H3,(H,27,29). The van der Waals surface area contributed by atoms with Gasteiger partial charge in [-0.15, -0.1) is 0 Å². The van der Waals surface area contributed by atoms with Crippen molar-refractivity contribution < 1.29 is 17.9 Å². The molecule has 0 aliphatic heterocycles. The van der Waals surface area contributed by atoms with Gasteiger partial charge in [0.1, 0.15) is 10.6 Å². The first-order chi connectivity index (χ1) is 15.9. The number of ether oxygens (including phenoxy) is 1. The predicted molar refractivity (Wildman–Crippen MR) is 131 cm³/mol. The van der Waals surface area contributed by atoms with Crippen molar-refractivity contribution >= 4 is 15.9 Å². The minimum Gasteiger partial charge on any atom is -0.495 e. The SMILES string of the molecule is COc1ccc(C)cc1S(=O)(=O)N(CCc1ccccc1)CC(=O)NC1CCCCCCC1. The Bertz CT molecular complexity index is 1000. The lowest BCUT2D eigenvalue weighted by Crippen LogP contribution is -2.45. The fourth-order valence-corrected chi connectivity index (χ4v) is 5.98. The third-order valence-electron chi connectivity index (χ3n) is 6.22. The summed E-state index contributed by atoms with van der Waals surface area (Å²) in [4.78, 5) is 13.1.